The zero-order valence-corrected chi connectivity index (χ0v) is 10.0. The van der Waals surface area contributed by atoms with Gasteiger partial charge in [-0.25, -0.2) is 4.98 Å². The predicted octanol–water partition coefficient (Wildman–Crippen LogP) is 1.95. The summed E-state index contributed by atoms with van der Waals surface area (Å²) in [4.78, 5) is 15.5. The molecule has 0 saturated carbocycles. The van der Waals surface area contributed by atoms with Crippen molar-refractivity contribution < 1.29 is 4.74 Å². The van der Waals surface area contributed by atoms with Gasteiger partial charge >= 0.3 is 0 Å². The highest BCUT2D eigenvalue weighted by molar-refractivity contribution is 6.29. The van der Waals surface area contributed by atoms with E-state index in [1.54, 1.807) is 7.11 Å². The Kier molecular flexibility index (Phi) is 3.44. The Morgan fingerprint density at radius 3 is 2.65 bits per heavy atom. The van der Waals surface area contributed by atoms with E-state index in [4.69, 9.17) is 16.3 Å². The number of methoxy groups -OCH3 is 1. The minimum Gasteiger partial charge on any atom is -0.497 e. The summed E-state index contributed by atoms with van der Waals surface area (Å²) in [5, 5.41) is 0.209. The van der Waals surface area contributed by atoms with E-state index in [1.807, 2.05) is 24.3 Å². The molecular weight excluding hydrogens is 240 g/mol. The molecule has 0 aliphatic heterocycles. The van der Waals surface area contributed by atoms with Crippen molar-refractivity contribution in [1.29, 1.82) is 0 Å². The van der Waals surface area contributed by atoms with Crippen molar-refractivity contribution in [2.75, 3.05) is 7.11 Å². The van der Waals surface area contributed by atoms with Crippen molar-refractivity contribution in [3.8, 4) is 5.75 Å². The first-order valence-electron chi connectivity index (χ1n) is 5.04. The maximum absolute atomic E-state index is 11.6. The highest BCUT2D eigenvalue weighted by atomic mass is 35.5. The Morgan fingerprint density at radius 2 is 2.06 bits per heavy atom. The monoisotopic (exact) mass is 250 g/mol. The van der Waals surface area contributed by atoms with Gasteiger partial charge < -0.3 is 4.74 Å². The van der Waals surface area contributed by atoms with Gasteiger partial charge in [-0.05, 0) is 17.7 Å². The first-order chi connectivity index (χ1) is 8.19. The van der Waals surface area contributed by atoms with Crippen LogP contribution in [0.2, 0.25) is 5.15 Å². The van der Waals surface area contributed by atoms with Crippen LogP contribution in [0.3, 0.4) is 0 Å². The van der Waals surface area contributed by atoms with E-state index in [9.17, 15) is 4.79 Å². The minimum absolute atomic E-state index is 0.166. The molecule has 4 nitrogen and oxygen atoms in total. The Hall–Kier alpha value is -1.81. The van der Waals surface area contributed by atoms with Crippen LogP contribution in [0.25, 0.3) is 0 Å². The predicted molar refractivity (Wildman–Crippen MR) is 65.6 cm³/mol. The number of nitrogens with zero attached hydrogens (tertiary/aromatic N) is 2. The van der Waals surface area contributed by atoms with E-state index in [-0.39, 0.29) is 10.7 Å². The van der Waals surface area contributed by atoms with E-state index in [1.165, 1.54) is 17.0 Å². The third kappa shape index (κ3) is 2.85. The molecule has 17 heavy (non-hydrogen) atoms. The van der Waals surface area contributed by atoms with Crippen molar-refractivity contribution in [2.24, 2.45) is 0 Å². The van der Waals surface area contributed by atoms with Crippen molar-refractivity contribution in [2.45, 2.75) is 6.54 Å². The molecule has 5 heteroatoms. The molecule has 2 aromatic rings. The molecule has 0 N–H and O–H groups in total. The molecule has 0 aliphatic rings. The lowest BCUT2D eigenvalue weighted by Crippen LogP contribution is -2.19. The standard InChI is InChI=1S/C12H11ClN2O2/c1-17-10-4-2-9(3-5-10)7-15-8-14-11(13)6-12(15)16/h2-6,8H,7H2,1H3. The largest absolute Gasteiger partial charge is 0.497 e. The molecule has 1 heterocycles. The van der Waals surface area contributed by atoms with E-state index in [0.717, 1.165) is 11.3 Å². The van der Waals surface area contributed by atoms with Crippen molar-refractivity contribution in [3.63, 3.8) is 0 Å². The van der Waals surface area contributed by atoms with Crippen LogP contribution in [0.15, 0.2) is 41.5 Å². The van der Waals surface area contributed by atoms with Gasteiger partial charge in [-0.1, -0.05) is 23.7 Å². The Morgan fingerprint density at radius 1 is 1.35 bits per heavy atom. The first kappa shape index (κ1) is 11.7. The van der Waals surface area contributed by atoms with E-state index >= 15 is 0 Å². The van der Waals surface area contributed by atoms with E-state index < -0.39 is 0 Å². The van der Waals surface area contributed by atoms with E-state index in [2.05, 4.69) is 4.98 Å². The maximum atomic E-state index is 11.6. The molecule has 1 aromatic heterocycles. The SMILES string of the molecule is COc1ccc(Cn2cnc(Cl)cc2=O)cc1. The zero-order valence-electron chi connectivity index (χ0n) is 9.26. The van der Waals surface area contributed by atoms with Gasteiger partial charge in [0, 0.05) is 6.07 Å². The normalized spacial score (nSPS) is 10.2. The van der Waals surface area contributed by atoms with Crippen LogP contribution in [0.4, 0.5) is 0 Å². The second-order valence-electron chi connectivity index (χ2n) is 3.53. The van der Waals surface area contributed by atoms with Gasteiger partial charge in [0.1, 0.15) is 10.9 Å². The summed E-state index contributed by atoms with van der Waals surface area (Å²) in [5.74, 6) is 0.787. The summed E-state index contributed by atoms with van der Waals surface area (Å²) in [6.07, 6.45) is 1.44. The minimum atomic E-state index is -0.166. The van der Waals surface area contributed by atoms with Crippen LogP contribution in [-0.2, 0) is 6.54 Å². The molecule has 88 valence electrons. The average Bonchev–Trinajstić information content (AvgIpc) is 2.34. The van der Waals surface area contributed by atoms with Crippen LogP contribution in [-0.4, -0.2) is 16.7 Å². The van der Waals surface area contributed by atoms with Crippen LogP contribution >= 0.6 is 11.6 Å². The summed E-state index contributed by atoms with van der Waals surface area (Å²) in [6, 6.07) is 8.80. The molecule has 2 rings (SSSR count). The van der Waals surface area contributed by atoms with Gasteiger partial charge in [0.05, 0.1) is 20.0 Å². The zero-order chi connectivity index (χ0) is 12.3. The van der Waals surface area contributed by atoms with Crippen molar-refractivity contribution in [3.05, 3.63) is 57.7 Å². The summed E-state index contributed by atoms with van der Waals surface area (Å²) in [7, 11) is 1.61. The molecular formula is C12H11ClN2O2. The molecule has 0 amide bonds. The van der Waals surface area contributed by atoms with E-state index in [0.29, 0.717) is 6.54 Å². The number of rotatable bonds is 3. The molecule has 0 atom stereocenters. The van der Waals surface area contributed by atoms with Gasteiger partial charge in [-0.15, -0.1) is 0 Å². The van der Waals surface area contributed by atoms with Gasteiger partial charge in [0.15, 0.2) is 0 Å². The number of ether oxygens (including phenoxy) is 1. The third-order valence-electron chi connectivity index (χ3n) is 2.36. The average molecular weight is 251 g/mol. The molecule has 1 aromatic carbocycles. The summed E-state index contributed by atoms with van der Waals surface area (Å²) >= 11 is 5.62. The maximum Gasteiger partial charge on any atom is 0.255 e. The van der Waals surface area contributed by atoms with Gasteiger partial charge in [-0.2, -0.15) is 0 Å². The molecule has 0 radical (unpaired) electrons. The third-order valence-corrected chi connectivity index (χ3v) is 2.56. The van der Waals surface area contributed by atoms with Gasteiger partial charge in [-0.3, -0.25) is 9.36 Å². The van der Waals surface area contributed by atoms with Crippen LogP contribution < -0.4 is 10.3 Å². The summed E-state index contributed by atoms with van der Waals surface area (Å²) in [6.45, 7) is 0.465. The van der Waals surface area contributed by atoms with Crippen LogP contribution in [0.1, 0.15) is 5.56 Å². The molecule has 0 unspecified atom stereocenters. The van der Waals surface area contributed by atoms with Gasteiger partial charge in [0.25, 0.3) is 5.56 Å². The Bertz CT molecular complexity index is 563. The number of benzene rings is 1. The fourth-order valence-electron chi connectivity index (χ4n) is 1.45. The smallest absolute Gasteiger partial charge is 0.255 e. The number of hydrogen-bond acceptors (Lipinski definition) is 3. The van der Waals surface area contributed by atoms with Crippen LogP contribution in [0.5, 0.6) is 5.75 Å². The first-order valence-corrected chi connectivity index (χ1v) is 5.42. The highest BCUT2D eigenvalue weighted by Crippen LogP contribution is 2.11. The fraction of sp³-hybridized carbons (Fsp3) is 0.167. The number of halogens is 1. The summed E-state index contributed by atoms with van der Waals surface area (Å²) in [5.41, 5.74) is 0.831. The molecule has 0 saturated heterocycles. The lowest BCUT2D eigenvalue weighted by Gasteiger charge is -2.06. The van der Waals surface area contributed by atoms with Gasteiger partial charge in [0.2, 0.25) is 0 Å². The lowest BCUT2D eigenvalue weighted by atomic mass is 10.2. The number of hydrogen-bond donors (Lipinski definition) is 0. The second-order valence-corrected chi connectivity index (χ2v) is 3.91. The molecule has 0 fully saturated rings. The fourth-order valence-corrected chi connectivity index (χ4v) is 1.59. The Labute approximate surface area is 103 Å². The Balaban J connectivity index is 2.22. The van der Waals surface area contributed by atoms with Crippen molar-refractivity contribution >= 4 is 11.6 Å². The number of aromatic nitrogens is 2. The molecule has 0 spiro atoms. The van der Waals surface area contributed by atoms with Crippen molar-refractivity contribution in [1.82, 2.24) is 9.55 Å². The quantitative estimate of drug-likeness (QED) is 0.782. The highest BCUT2D eigenvalue weighted by Gasteiger charge is 2.00. The molecule has 0 bridgehead atoms. The second kappa shape index (κ2) is 5.01. The topological polar surface area (TPSA) is 44.1 Å². The van der Waals surface area contributed by atoms with Crippen LogP contribution in [0, 0.1) is 0 Å². The molecule has 0 aliphatic carbocycles. The lowest BCUT2D eigenvalue weighted by molar-refractivity contribution is 0.414. The summed E-state index contributed by atoms with van der Waals surface area (Å²) < 4.78 is 6.55.